The first-order chi connectivity index (χ1) is 9.34. The highest BCUT2D eigenvalue weighted by atomic mass is 32.2. The second kappa shape index (κ2) is 7.33. The van der Waals surface area contributed by atoms with E-state index in [-0.39, 0.29) is 5.91 Å². The van der Waals surface area contributed by atoms with Gasteiger partial charge in [-0.1, -0.05) is 18.2 Å². The zero-order chi connectivity index (χ0) is 13.3. The average molecular weight is 271 g/mol. The molecule has 4 nitrogen and oxygen atoms in total. The maximum Gasteiger partial charge on any atom is 0.250 e. The summed E-state index contributed by atoms with van der Waals surface area (Å²) in [5.74, 6) is 0.219. The topological polar surface area (TPSA) is 54.4 Å². The Morgan fingerprint density at radius 1 is 1.21 bits per heavy atom. The van der Waals surface area contributed by atoms with Crippen LogP contribution in [-0.2, 0) is 4.79 Å². The Hall–Kier alpha value is -2.14. The van der Waals surface area contributed by atoms with Crippen LogP contribution in [0.4, 0.5) is 0 Å². The molecule has 96 valence electrons. The molecule has 0 unspecified atom stereocenters. The number of hydrogen-bond acceptors (Lipinski definition) is 4. The number of nitrogens with one attached hydrogen (secondary N) is 1. The van der Waals surface area contributed by atoms with Crippen molar-refractivity contribution >= 4 is 23.9 Å². The third-order valence-corrected chi connectivity index (χ3v) is 3.23. The number of nitrogens with zero attached hydrogens (tertiary/aromatic N) is 2. The summed E-state index contributed by atoms with van der Waals surface area (Å²) >= 11 is 1.48. The number of rotatable bonds is 5. The summed E-state index contributed by atoms with van der Waals surface area (Å²) in [7, 11) is 0. The minimum atomic E-state index is -0.126. The van der Waals surface area contributed by atoms with Gasteiger partial charge in [0.15, 0.2) is 0 Å². The smallest absolute Gasteiger partial charge is 0.250 e. The summed E-state index contributed by atoms with van der Waals surface area (Å²) in [4.78, 5) is 16.5. The van der Waals surface area contributed by atoms with Crippen molar-refractivity contribution in [3.63, 3.8) is 0 Å². The molecule has 0 spiro atoms. The maximum absolute atomic E-state index is 11.5. The van der Waals surface area contributed by atoms with Gasteiger partial charge in [-0.2, -0.15) is 5.10 Å². The van der Waals surface area contributed by atoms with E-state index in [9.17, 15) is 4.79 Å². The molecule has 1 amide bonds. The van der Waals surface area contributed by atoms with Gasteiger partial charge in [0.05, 0.1) is 12.0 Å². The van der Waals surface area contributed by atoms with Gasteiger partial charge in [-0.3, -0.25) is 9.78 Å². The molecule has 2 rings (SSSR count). The molecule has 0 aliphatic rings. The molecule has 0 bridgehead atoms. The standard InChI is InChI=1S/C14H13N3OS/c18-14(11-19-13-4-2-1-3-5-13)17-16-10-12-6-8-15-9-7-12/h1-10H,11H2,(H,17,18)/b16-10+. The average Bonchev–Trinajstić information content (AvgIpc) is 2.47. The lowest BCUT2D eigenvalue weighted by atomic mass is 10.3. The molecule has 0 aliphatic heterocycles. The lowest BCUT2D eigenvalue weighted by molar-refractivity contribution is -0.118. The Bertz CT molecular complexity index is 543. The summed E-state index contributed by atoms with van der Waals surface area (Å²) in [6.07, 6.45) is 4.94. The fourth-order valence-corrected chi connectivity index (χ4v) is 2.04. The monoisotopic (exact) mass is 271 g/mol. The van der Waals surface area contributed by atoms with Gasteiger partial charge in [0.25, 0.3) is 0 Å². The van der Waals surface area contributed by atoms with Crippen molar-refractivity contribution in [2.75, 3.05) is 5.75 Å². The highest BCUT2D eigenvalue weighted by Gasteiger charge is 2.00. The predicted octanol–water partition coefficient (Wildman–Crippen LogP) is 2.32. The number of pyridine rings is 1. The Balaban J connectivity index is 1.75. The molecular weight excluding hydrogens is 258 g/mol. The molecule has 1 heterocycles. The highest BCUT2D eigenvalue weighted by Crippen LogP contribution is 2.15. The maximum atomic E-state index is 11.5. The van der Waals surface area contributed by atoms with E-state index < -0.39 is 0 Å². The first kappa shape index (κ1) is 13.3. The normalized spacial score (nSPS) is 10.5. The fraction of sp³-hybridized carbons (Fsp3) is 0.0714. The third kappa shape index (κ3) is 4.93. The Labute approximate surface area is 116 Å². The molecule has 1 aromatic heterocycles. The van der Waals surface area contributed by atoms with Gasteiger partial charge in [-0.05, 0) is 29.8 Å². The molecule has 1 aromatic carbocycles. The number of thioether (sulfide) groups is 1. The minimum Gasteiger partial charge on any atom is -0.272 e. The molecule has 0 atom stereocenters. The SMILES string of the molecule is O=C(CSc1ccccc1)N/N=C/c1ccncc1. The molecule has 0 aliphatic carbocycles. The van der Waals surface area contributed by atoms with Gasteiger partial charge in [0, 0.05) is 17.3 Å². The van der Waals surface area contributed by atoms with Crippen LogP contribution in [0.3, 0.4) is 0 Å². The Kier molecular flexibility index (Phi) is 5.13. The van der Waals surface area contributed by atoms with Crippen LogP contribution in [0.2, 0.25) is 0 Å². The van der Waals surface area contributed by atoms with Gasteiger partial charge in [-0.25, -0.2) is 5.43 Å². The van der Waals surface area contributed by atoms with Gasteiger partial charge >= 0.3 is 0 Å². The first-order valence-electron chi connectivity index (χ1n) is 5.74. The molecule has 0 saturated heterocycles. The predicted molar refractivity (Wildman–Crippen MR) is 77.1 cm³/mol. The third-order valence-electron chi connectivity index (χ3n) is 2.22. The van der Waals surface area contributed by atoms with E-state index in [1.807, 2.05) is 42.5 Å². The number of hydrogen-bond donors (Lipinski definition) is 1. The number of carbonyl (C=O) groups excluding carboxylic acids is 1. The van der Waals surface area contributed by atoms with Crippen molar-refractivity contribution in [3.05, 3.63) is 60.4 Å². The van der Waals surface area contributed by atoms with Crippen LogP contribution in [-0.4, -0.2) is 22.9 Å². The number of carbonyl (C=O) groups is 1. The van der Waals surface area contributed by atoms with E-state index in [4.69, 9.17) is 0 Å². The van der Waals surface area contributed by atoms with Gasteiger partial charge in [-0.15, -0.1) is 11.8 Å². The molecule has 0 radical (unpaired) electrons. The van der Waals surface area contributed by atoms with Crippen LogP contribution >= 0.6 is 11.8 Å². The van der Waals surface area contributed by atoms with Gasteiger partial charge < -0.3 is 0 Å². The van der Waals surface area contributed by atoms with Gasteiger partial charge in [0.2, 0.25) is 5.91 Å². The van der Waals surface area contributed by atoms with Crippen LogP contribution in [0.1, 0.15) is 5.56 Å². The van der Waals surface area contributed by atoms with Crippen molar-refractivity contribution in [2.24, 2.45) is 5.10 Å². The van der Waals surface area contributed by atoms with Crippen LogP contribution in [0, 0.1) is 0 Å². The summed E-state index contributed by atoms with van der Waals surface area (Å²) in [5.41, 5.74) is 3.39. The molecule has 0 fully saturated rings. The summed E-state index contributed by atoms with van der Waals surface area (Å²) in [6.45, 7) is 0. The molecule has 19 heavy (non-hydrogen) atoms. The zero-order valence-electron chi connectivity index (χ0n) is 10.2. The van der Waals surface area contributed by atoms with E-state index in [1.165, 1.54) is 11.8 Å². The first-order valence-corrected chi connectivity index (χ1v) is 6.73. The largest absolute Gasteiger partial charge is 0.272 e. The van der Waals surface area contributed by atoms with E-state index in [0.717, 1.165) is 10.5 Å². The van der Waals surface area contributed by atoms with Crippen LogP contribution in [0.5, 0.6) is 0 Å². The number of benzene rings is 1. The molecule has 2 aromatic rings. The number of aromatic nitrogens is 1. The van der Waals surface area contributed by atoms with Crippen molar-refractivity contribution < 1.29 is 4.79 Å². The highest BCUT2D eigenvalue weighted by molar-refractivity contribution is 8.00. The lowest BCUT2D eigenvalue weighted by Crippen LogP contribution is -2.19. The van der Waals surface area contributed by atoms with Gasteiger partial charge in [0.1, 0.15) is 0 Å². The summed E-state index contributed by atoms with van der Waals surface area (Å²) in [5, 5.41) is 3.89. The van der Waals surface area contributed by atoms with Crippen molar-refractivity contribution in [1.29, 1.82) is 0 Å². The van der Waals surface area contributed by atoms with E-state index in [0.29, 0.717) is 5.75 Å². The second-order valence-electron chi connectivity index (χ2n) is 3.68. The van der Waals surface area contributed by atoms with E-state index >= 15 is 0 Å². The second-order valence-corrected chi connectivity index (χ2v) is 4.72. The Morgan fingerprint density at radius 3 is 2.68 bits per heavy atom. The quantitative estimate of drug-likeness (QED) is 0.516. The lowest BCUT2D eigenvalue weighted by Gasteiger charge is -2.00. The van der Waals surface area contributed by atoms with E-state index in [1.54, 1.807) is 18.6 Å². The fourth-order valence-electron chi connectivity index (χ4n) is 1.33. The van der Waals surface area contributed by atoms with E-state index in [2.05, 4.69) is 15.5 Å². The number of hydrazone groups is 1. The molecule has 0 saturated carbocycles. The van der Waals surface area contributed by atoms with Crippen molar-refractivity contribution in [2.45, 2.75) is 4.90 Å². The number of amides is 1. The zero-order valence-corrected chi connectivity index (χ0v) is 11.0. The minimum absolute atomic E-state index is 0.126. The summed E-state index contributed by atoms with van der Waals surface area (Å²) < 4.78 is 0. The van der Waals surface area contributed by atoms with Crippen LogP contribution in [0.15, 0.2) is 64.9 Å². The summed E-state index contributed by atoms with van der Waals surface area (Å²) in [6, 6.07) is 13.4. The molecular formula is C14H13N3OS. The van der Waals surface area contributed by atoms with Crippen molar-refractivity contribution in [3.8, 4) is 0 Å². The van der Waals surface area contributed by atoms with Crippen molar-refractivity contribution in [1.82, 2.24) is 10.4 Å². The Morgan fingerprint density at radius 2 is 1.95 bits per heavy atom. The van der Waals surface area contributed by atoms with Crippen LogP contribution < -0.4 is 5.43 Å². The van der Waals surface area contributed by atoms with Crippen LogP contribution in [0.25, 0.3) is 0 Å². The molecule has 1 N–H and O–H groups in total. The molecule has 5 heteroatoms.